The predicted octanol–water partition coefficient (Wildman–Crippen LogP) is 2.44. The van der Waals surface area contributed by atoms with E-state index in [0.717, 1.165) is 24.1 Å². The summed E-state index contributed by atoms with van der Waals surface area (Å²) in [5.41, 5.74) is 2.13. The number of fused-ring (bicyclic) bond motifs is 1. The molecule has 1 saturated carbocycles. The molecule has 1 aliphatic heterocycles. The summed E-state index contributed by atoms with van der Waals surface area (Å²) in [6.07, 6.45) is 3.43. The number of carboxylic acids is 1. The Morgan fingerprint density at radius 2 is 2.12 bits per heavy atom. The first-order chi connectivity index (χ1) is 11.9. The van der Waals surface area contributed by atoms with E-state index in [-0.39, 0.29) is 24.2 Å². The van der Waals surface area contributed by atoms with Crippen molar-refractivity contribution in [2.45, 2.75) is 51.4 Å². The number of carboxylic acid groups (broad SMARTS) is 1. The van der Waals surface area contributed by atoms with Crippen LogP contribution in [-0.2, 0) is 20.8 Å². The second-order valence-corrected chi connectivity index (χ2v) is 7.07. The first-order valence-corrected chi connectivity index (χ1v) is 8.89. The molecule has 25 heavy (non-hydrogen) atoms. The molecule has 134 valence electrons. The number of hydrogen-bond donors (Lipinski definition) is 3. The SMILES string of the molecule is CCc1ccc2c(c1)C(CCNC(=O)CC1(C(=O)O)CCC1)C(=O)N2. The minimum Gasteiger partial charge on any atom is -0.481 e. The lowest BCUT2D eigenvalue weighted by atomic mass is 9.66. The average molecular weight is 344 g/mol. The maximum absolute atomic E-state index is 12.2. The Kier molecular flexibility index (Phi) is 4.79. The molecule has 6 heteroatoms. The molecule has 0 bridgehead atoms. The predicted molar refractivity (Wildman–Crippen MR) is 93.4 cm³/mol. The second-order valence-electron chi connectivity index (χ2n) is 7.07. The third-order valence-electron chi connectivity index (χ3n) is 5.49. The molecule has 1 aromatic rings. The number of benzene rings is 1. The summed E-state index contributed by atoms with van der Waals surface area (Å²) in [6, 6.07) is 5.98. The zero-order valence-corrected chi connectivity index (χ0v) is 14.4. The number of aliphatic carboxylic acids is 1. The highest BCUT2D eigenvalue weighted by Gasteiger charge is 2.45. The van der Waals surface area contributed by atoms with Crippen LogP contribution >= 0.6 is 0 Å². The number of amides is 2. The van der Waals surface area contributed by atoms with E-state index in [2.05, 4.69) is 17.6 Å². The molecule has 3 N–H and O–H groups in total. The molecule has 1 heterocycles. The van der Waals surface area contributed by atoms with Crippen molar-refractivity contribution < 1.29 is 19.5 Å². The molecular formula is C19H24N2O4. The quantitative estimate of drug-likeness (QED) is 0.708. The number of anilines is 1. The summed E-state index contributed by atoms with van der Waals surface area (Å²) >= 11 is 0. The molecule has 0 aromatic heterocycles. The highest BCUT2D eigenvalue weighted by Crippen LogP contribution is 2.44. The van der Waals surface area contributed by atoms with Crippen molar-refractivity contribution >= 4 is 23.5 Å². The van der Waals surface area contributed by atoms with Crippen LogP contribution in [0.3, 0.4) is 0 Å². The number of aryl methyl sites for hydroxylation is 1. The molecule has 0 saturated heterocycles. The van der Waals surface area contributed by atoms with Gasteiger partial charge in [0, 0.05) is 18.7 Å². The van der Waals surface area contributed by atoms with Crippen molar-refractivity contribution in [3.05, 3.63) is 29.3 Å². The van der Waals surface area contributed by atoms with Gasteiger partial charge in [0.15, 0.2) is 0 Å². The summed E-state index contributed by atoms with van der Waals surface area (Å²) in [6.45, 7) is 2.43. The summed E-state index contributed by atoms with van der Waals surface area (Å²) in [5, 5.41) is 15.0. The van der Waals surface area contributed by atoms with Gasteiger partial charge >= 0.3 is 5.97 Å². The standard InChI is InChI=1S/C19H24N2O4/c1-2-12-4-5-15-14(10-12)13(17(23)21-15)6-9-20-16(22)11-19(18(24)25)7-3-8-19/h4-5,10,13H,2-3,6-9,11H2,1H3,(H,20,22)(H,21,23)(H,24,25). The Bertz CT molecular complexity index is 709. The van der Waals surface area contributed by atoms with Crippen molar-refractivity contribution in [3.63, 3.8) is 0 Å². The molecule has 1 fully saturated rings. The first kappa shape index (κ1) is 17.5. The van der Waals surface area contributed by atoms with Crippen LogP contribution in [0.4, 0.5) is 5.69 Å². The Morgan fingerprint density at radius 1 is 1.36 bits per heavy atom. The van der Waals surface area contributed by atoms with E-state index >= 15 is 0 Å². The number of rotatable bonds is 7. The van der Waals surface area contributed by atoms with Gasteiger partial charge in [0.2, 0.25) is 11.8 Å². The third-order valence-corrected chi connectivity index (χ3v) is 5.49. The van der Waals surface area contributed by atoms with Crippen molar-refractivity contribution in [2.75, 3.05) is 11.9 Å². The van der Waals surface area contributed by atoms with Gasteiger partial charge in [0.25, 0.3) is 0 Å². The Balaban J connectivity index is 1.55. The molecule has 2 amide bonds. The summed E-state index contributed by atoms with van der Waals surface area (Å²) in [4.78, 5) is 35.6. The molecule has 6 nitrogen and oxygen atoms in total. The summed E-state index contributed by atoms with van der Waals surface area (Å²) < 4.78 is 0. The van der Waals surface area contributed by atoms with Gasteiger partial charge in [0.1, 0.15) is 0 Å². The van der Waals surface area contributed by atoms with Crippen LogP contribution < -0.4 is 10.6 Å². The molecule has 3 rings (SSSR count). The van der Waals surface area contributed by atoms with Crippen molar-refractivity contribution in [1.29, 1.82) is 0 Å². The van der Waals surface area contributed by atoms with E-state index in [1.54, 1.807) is 0 Å². The highest BCUT2D eigenvalue weighted by atomic mass is 16.4. The van der Waals surface area contributed by atoms with Crippen LogP contribution in [0.2, 0.25) is 0 Å². The fourth-order valence-corrected chi connectivity index (χ4v) is 3.68. The zero-order valence-electron chi connectivity index (χ0n) is 14.4. The third kappa shape index (κ3) is 3.38. The zero-order chi connectivity index (χ0) is 18.0. The van der Waals surface area contributed by atoms with Crippen LogP contribution in [-0.4, -0.2) is 29.4 Å². The molecule has 2 aliphatic rings. The number of nitrogens with one attached hydrogen (secondary N) is 2. The Labute approximate surface area is 147 Å². The minimum atomic E-state index is -0.884. The Hall–Kier alpha value is -2.37. The lowest BCUT2D eigenvalue weighted by Crippen LogP contribution is -2.42. The Morgan fingerprint density at radius 3 is 2.72 bits per heavy atom. The fourth-order valence-electron chi connectivity index (χ4n) is 3.68. The van der Waals surface area contributed by atoms with Crippen molar-refractivity contribution in [3.8, 4) is 0 Å². The number of hydrogen-bond acceptors (Lipinski definition) is 3. The topological polar surface area (TPSA) is 95.5 Å². The fraction of sp³-hybridized carbons (Fsp3) is 0.526. The largest absolute Gasteiger partial charge is 0.481 e. The summed E-state index contributed by atoms with van der Waals surface area (Å²) in [7, 11) is 0. The van der Waals surface area contributed by atoms with E-state index in [9.17, 15) is 19.5 Å². The van der Waals surface area contributed by atoms with Gasteiger partial charge in [-0.15, -0.1) is 0 Å². The number of carbonyl (C=O) groups excluding carboxylic acids is 2. The van der Waals surface area contributed by atoms with E-state index in [1.807, 2.05) is 18.2 Å². The second kappa shape index (κ2) is 6.86. The van der Waals surface area contributed by atoms with Gasteiger partial charge < -0.3 is 15.7 Å². The normalized spacial score (nSPS) is 20.4. The van der Waals surface area contributed by atoms with Gasteiger partial charge in [-0.05, 0) is 42.9 Å². The molecule has 1 atom stereocenters. The molecule has 1 unspecified atom stereocenters. The van der Waals surface area contributed by atoms with E-state index < -0.39 is 11.4 Å². The van der Waals surface area contributed by atoms with Gasteiger partial charge in [0.05, 0.1) is 11.3 Å². The van der Waals surface area contributed by atoms with Gasteiger partial charge in [-0.2, -0.15) is 0 Å². The maximum Gasteiger partial charge on any atom is 0.310 e. The van der Waals surface area contributed by atoms with Crippen molar-refractivity contribution in [1.82, 2.24) is 5.32 Å². The maximum atomic E-state index is 12.2. The molecule has 1 aliphatic carbocycles. The average Bonchev–Trinajstić information content (AvgIpc) is 2.85. The van der Waals surface area contributed by atoms with E-state index in [4.69, 9.17) is 0 Å². The molecule has 0 radical (unpaired) electrons. The molecule has 1 aromatic carbocycles. The van der Waals surface area contributed by atoms with Crippen molar-refractivity contribution in [2.24, 2.45) is 5.41 Å². The van der Waals surface area contributed by atoms with E-state index in [0.29, 0.717) is 25.8 Å². The van der Waals surface area contributed by atoms with Gasteiger partial charge in [-0.25, -0.2) is 0 Å². The lowest BCUT2D eigenvalue weighted by Gasteiger charge is -2.36. The van der Waals surface area contributed by atoms with E-state index in [1.165, 1.54) is 5.56 Å². The number of carbonyl (C=O) groups is 3. The lowest BCUT2D eigenvalue weighted by molar-refractivity contribution is -0.157. The molecular weight excluding hydrogens is 320 g/mol. The minimum absolute atomic E-state index is 0.0236. The van der Waals surface area contributed by atoms with Crippen LogP contribution in [0.1, 0.15) is 56.1 Å². The van der Waals surface area contributed by atoms with Crippen LogP contribution in [0.25, 0.3) is 0 Å². The monoisotopic (exact) mass is 344 g/mol. The van der Waals surface area contributed by atoms with Crippen LogP contribution in [0.5, 0.6) is 0 Å². The molecule has 0 spiro atoms. The van der Waals surface area contributed by atoms with Gasteiger partial charge in [-0.3, -0.25) is 14.4 Å². The summed E-state index contributed by atoms with van der Waals surface area (Å²) in [5.74, 6) is -1.44. The highest BCUT2D eigenvalue weighted by molar-refractivity contribution is 6.03. The first-order valence-electron chi connectivity index (χ1n) is 8.89. The van der Waals surface area contributed by atoms with Crippen LogP contribution in [0.15, 0.2) is 18.2 Å². The smallest absolute Gasteiger partial charge is 0.310 e. The van der Waals surface area contributed by atoms with Gasteiger partial charge in [-0.1, -0.05) is 25.5 Å². The van der Waals surface area contributed by atoms with Crippen LogP contribution in [0, 0.1) is 5.41 Å².